The second kappa shape index (κ2) is 10.3. The molecule has 2 heterocycles. The zero-order valence-corrected chi connectivity index (χ0v) is 21.4. The number of aromatic nitrogens is 2. The fraction of sp³-hybridized carbons (Fsp3) is 0.0323. The quantitative estimate of drug-likeness (QED) is 0.199. The molecule has 2 aromatic heterocycles. The van der Waals surface area contributed by atoms with Crippen molar-refractivity contribution in [3.8, 4) is 39.6 Å². The summed E-state index contributed by atoms with van der Waals surface area (Å²) in [6.45, 7) is 0. The summed E-state index contributed by atoms with van der Waals surface area (Å²) in [4.78, 5) is 9.62. The van der Waals surface area contributed by atoms with Crippen molar-refractivity contribution in [3.63, 3.8) is 0 Å². The van der Waals surface area contributed by atoms with Gasteiger partial charge in [-0.1, -0.05) is 77.9 Å². The van der Waals surface area contributed by atoms with Crippen LogP contribution in [0, 0.1) is 6.07 Å². The molecule has 0 aliphatic carbocycles. The van der Waals surface area contributed by atoms with E-state index in [4.69, 9.17) is 14.4 Å². The second-order valence-corrected chi connectivity index (χ2v) is 8.34. The van der Waals surface area contributed by atoms with Gasteiger partial charge in [-0.25, -0.2) is 4.98 Å². The Hall–Kier alpha value is -4.01. The smallest absolute Gasteiger partial charge is 0.230 e. The Morgan fingerprint density at radius 2 is 1.39 bits per heavy atom. The van der Waals surface area contributed by atoms with Gasteiger partial charge in [0.1, 0.15) is 11.3 Å². The van der Waals surface area contributed by atoms with Gasteiger partial charge in [0.25, 0.3) is 0 Å². The Morgan fingerprint density at radius 3 is 2.25 bits per heavy atom. The van der Waals surface area contributed by atoms with E-state index in [-0.39, 0.29) is 26.8 Å². The molecule has 4 aromatic carbocycles. The van der Waals surface area contributed by atoms with Gasteiger partial charge in [-0.05, 0) is 29.8 Å². The first-order valence-electron chi connectivity index (χ1n) is 11.5. The number of para-hydroxylation sites is 2. The summed E-state index contributed by atoms with van der Waals surface area (Å²) in [5, 5.41) is 10.2. The molecular formula is C31H21N2O2Pt-. The number of oxazole rings is 1. The predicted molar refractivity (Wildman–Crippen MR) is 138 cm³/mol. The molecule has 5 heteroatoms. The zero-order valence-electron chi connectivity index (χ0n) is 19.2. The third kappa shape index (κ3) is 4.73. The third-order valence-electron chi connectivity index (χ3n) is 5.95. The molecular weight excluding hydrogens is 627 g/mol. The van der Waals surface area contributed by atoms with Gasteiger partial charge >= 0.3 is 0 Å². The van der Waals surface area contributed by atoms with E-state index in [0.29, 0.717) is 17.0 Å². The van der Waals surface area contributed by atoms with Crippen LogP contribution < -0.4 is 0 Å². The molecule has 0 aliphatic heterocycles. The average Bonchev–Trinajstić information content (AvgIpc) is 3.34. The summed E-state index contributed by atoms with van der Waals surface area (Å²) < 4.78 is 5.99. The van der Waals surface area contributed by atoms with Crippen molar-refractivity contribution in [2.75, 3.05) is 0 Å². The Balaban J connectivity index is 0.00000267. The number of phenols is 1. The van der Waals surface area contributed by atoms with Crippen LogP contribution in [-0.2, 0) is 27.5 Å². The second-order valence-electron chi connectivity index (χ2n) is 8.34. The first kappa shape index (κ1) is 23.7. The van der Waals surface area contributed by atoms with Crippen LogP contribution in [0.25, 0.3) is 44.9 Å². The Bertz CT molecular complexity index is 1640. The van der Waals surface area contributed by atoms with Crippen molar-refractivity contribution in [1.29, 1.82) is 0 Å². The van der Waals surface area contributed by atoms with Crippen molar-refractivity contribution in [2.24, 2.45) is 0 Å². The summed E-state index contributed by atoms with van der Waals surface area (Å²) in [7, 11) is 0. The minimum absolute atomic E-state index is 0. The summed E-state index contributed by atoms with van der Waals surface area (Å²) in [5.41, 5.74) is 7.79. The van der Waals surface area contributed by atoms with Crippen LogP contribution in [-0.4, -0.2) is 15.1 Å². The topological polar surface area (TPSA) is 59.2 Å². The summed E-state index contributed by atoms with van der Waals surface area (Å²) >= 11 is 0. The van der Waals surface area contributed by atoms with Gasteiger partial charge in [0.05, 0.1) is 11.1 Å². The van der Waals surface area contributed by atoms with Crippen molar-refractivity contribution >= 4 is 11.1 Å². The molecule has 6 rings (SSSR count). The molecule has 0 fully saturated rings. The maximum Gasteiger partial charge on any atom is 0.230 e. The van der Waals surface area contributed by atoms with Crippen molar-refractivity contribution in [2.45, 2.75) is 6.42 Å². The van der Waals surface area contributed by atoms with E-state index < -0.39 is 0 Å². The van der Waals surface area contributed by atoms with E-state index in [1.165, 1.54) is 5.56 Å². The molecule has 0 saturated heterocycles. The van der Waals surface area contributed by atoms with Gasteiger partial charge in [0, 0.05) is 38.9 Å². The number of hydrogen-bond acceptors (Lipinski definition) is 4. The van der Waals surface area contributed by atoms with E-state index in [1.807, 2.05) is 72.8 Å². The van der Waals surface area contributed by atoms with Crippen molar-refractivity contribution in [1.82, 2.24) is 9.97 Å². The van der Waals surface area contributed by atoms with Gasteiger partial charge in [-0.15, -0.1) is 29.8 Å². The molecule has 6 aromatic rings. The van der Waals surface area contributed by atoms with Crippen molar-refractivity contribution in [3.05, 3.63) is 127 Å². The van der Waals surface area contributed by atoms with Crippen LogP contribution in [0.15, 0.2) is 114 Å². The molecule has 0 radical (unpaired) electrons. The maximum atomic E-state index is 10.2. The Kier molecular flexibility index (Phi) is 6.79. The Labute approximate surface area is 223 Å². The van der Waals surface area contributed by atoms with E-state index >= 15 is 0 Å². The number of rotatable bonds is 5. The van der Waals surface area contributed by atoms with Gasteiger partial charge in [0.2, 0.25) is 5.89 Å². The first-order valence-corrected chi connectivity index (χ1v) is 11.5. The van der Waals surface area contributed by atoms with Crippen LogP contribution >= 0.6 is 0 Å². The average molecular weight is 649 g/mol. The largest absolute Gasteiger partial charge is 0.507 e. The van der Waals surface area contributed by atoms with Crippen LogP contribution in [0.2, 0.25) is 0 Å². The minimum Gasteiger partial charge on any atom is -0.507 e. The van der Waals surface area contributed by atoms with Crippen LogP contribution in [0.3, 0.4) is 0 Å². The molecule has 0 unspecified atom stereocenters. The van der Waals surface area contributed by atoms with Gasteiger partial charge in [-0.3, -0.25) is 4.98 Å². The molecule has 1 N–H and O–H groups in total. The number of phenolic OH excluding ortho intramolecular Hbond substituents is 1. The number of hydrogen-bond donors (Lipinski definition) is 1. The molecule has 0 spiro atoms. The van der Waals surface area contributed by atoms with E-state index in [2.05, 4.69) is 24.3 Å². The van der Waals surface area contributed by atoms with Gasteiger partial charge in [-0.2, -0.15) is 0 Å². The van der Waals surface area contributed by atoms with E-state index in [0.717, 1.165) is 40.0 Å². The molecule has 0 saturated carbocycles. The van der Waals surface area contributed by atoms with Crippen molar-refractivity contribution < 1.29 is 30.6 Å². The summed E-state index contributed by atoms with van der Waals surface area (Å²) in [6.07, 6.45) is 0.779. The molecule has 178 valence electrons. The van der Waals surface area contributed by atoms with Gasteiger partial charge in [0.15, 0.2) is 0 Å². The van der Waals surface area contributed by atoms with Crippen LogP contribution in [0.5, 0.6) is 5.75 Å². The maximum absolute atomic E-state index is 10.2. The molecule has 4 nitrogen and oxygen atoms in total. The van der Waals surface area contributed by atoms with Crippen LogP contribution in [0.1, 0.15) is 11.3 Å². The molecule has 36 heavy (non-hydrogen) atoms. The minimum atomic E-state index is 0. The monoisotopic (exact) mass is 648 g/mol. The summed E-state index contributed by atoms with van der Waals surface area (Å²) in [6, 6.07) is 38.9. The van der Waals surface area contributed by atoms with E-state index in [1.54, 1.807) is 18.2 Å². The number of aromatic hydroxyl groups is 1. The molecule has 0 atom stereocenters. The fourth-order valence-electron chi connectivity index (χ4n) is 4.24. The SMILES string of the molecule is Oc1ccccc1-c1nc2c(-c3[c-]c(-c4cccc(Cc5ccccc5)n4)ccc3)cccc2o1.[Pt]. The van der Waals surface area contributed by atoms with Crippen LogP contribution in [0.4, 0.5) is 0 Å². The molecule has 0 amide bonds. The number of benzene rings is 4. The molecule has 0 aliphatic rings. The standard InChI is InChI=1S/C31H21N2O2.Pt/c34-28-17-5-4-14-26(28)31-33-30-25(15-8-18-29(30)35-31)22-11-6-12-23(20-22)27-16-7-13-24(32-27)19-21-9-2-1-3-10-21;/h1-18,34H,19H2;/q-1;. The predicted octanol–water partition coefficient (Wildman–Crippen LogP) is 7.32. The van der Waals surface area contributed by atoms with E-state index in [9.17, 15) is 5.11 Å². The number of pyridine rings is 1. The first-order chi connectivity index (χ1) is 17.2. The number of nitrogens with zero attached hydrogens (tertiary/aromatic N) is 2. The third-order valence-corrected chi connectivity index (χ3v) is 5.95. The Morgan fingerprint density at radius 1 is 0.667 bits per heavy atom. The molecule has 0 bridgehead atoms. The summed E-state index contributed by atoms with van der Waals surface area (Å²) in [5.74, 6) is 0.521. The normalized spacial score (nSPS) is 10.8. The number of fused-ring (bicyclic) bond motifs is 1. The zero-order chi connectivity index (χ0) is 23.6. The fourth-order valence-corrected chi connectivity index (χ4v) is 4.24. The van der Waals surface area contributed by atoms with Gasteiger partial charge < -0.3 is 9.52 Å².